The maximum Gasteiger partial charge on any atom is 0.416 e. The predicted octanol–water partition coefficient (Wildman–Crippen LogP) is 4.16. The largest absolute Gasteiger partial charge is 0.460 e. The molecule has 0 aliphatic carbocycles. The van der Waals surface area contributed by atoms with Crippen LogP contribution in [-0.4, -0.2) is 52.3 Å². The summed E-state index contributed by atoms with van der Waals surface area (Å²) < 4.78 is 51.1. The number of hydrogen-bond acceptors (Lipinski definition) is 6. The zero-order valence-electron chi connectivity index (χ0n) is 17.8. The summed E-state index contributed by atoms with van der Waals surface area (Å²) >= 11 is 0. The van der Waals surface area contributed by atoms with Gasteiger partial charge in [0.15, 0.2) is 5.82 Å². The van der Waals surface area contributed by atoms with Crippen LogP contribution in [0.15, 0.2) is 48.5 Å². The highest BCUT2D eigenvalue weighted by atomic mass is 19.4. The van der Waals surface area contributed by atoms with Gasteiger partial charge >= 0.3 is 12.2 Å². The highest BCUT2D eigenvalue weighted by molar-refractivity contribution is 5.60. The lowest BCUT2D eigenvalue weighted by molar-refractivity contribution is -0.137. The number of anilines is 1. The average molecular weight is 450 g/mol. The molecular weight excluding hydrogens is 425 g/mol. The van der Waals surface area contributed by atoms with Crippen LogP contribution in [0, 0.1) is 0 Å². The maximum absolute atomic E-state index is 12.9. The number of aliphatic hydroxyl groups excluding tert-OH is 1. The smallest absolute Gasteiger partial charge is 0.416 e. The molecule has 0 fully saturated rings. The van der Waals surface area contributed by atoms with Crippen LogP contribution in [0.1, 0.15) is 19.4 Å². The van der Waals surface area contributed by atoms with E-state index in [1.807, 2.05) is 19.1 Å². The molecule has 0 spiro atoms. The first kappa shape index (κ1) is 23.6. The Morgan fingerprint density at radius 3 is 2.34 bits per heavy atom. The topological polar surface area (TPSA) is 81.4 Å². The maximum atomic E-state index is 12.9. The quantitative estimate of drug-likeness (QED) is 0.452. The fraction of sp³-hybridized carbons (Fsp3) is 0.364. The Balaban J connectivity index is 1.90. The number of ether oxygens (including phenoxy) is 2. The minimum Gasteiger partial charge on any atom is -0.460 e. The normalized spacial score (nSPS) is 12.6. The molecule has 0 radical (unpaired) electrons. The molecule has 0 amide bonds. The Bertz CT molecular complexity index is 987. The molecule has 3 aromatic rings. The zero-order valence-corrected chi connectivity index (χ0v) is 17.8. The monoisotopic (exact) mass is 450 g/mol. The molecule has 0 aliphatic heterocycles. The molecule has 0 saturated carbocycles. The molecule has 10 heteroatoms. The van der Waals surface area contributed by atoms with E-state index in [4.69, 9.17) is 9.47 Å². The number of alkyl halides is 3. The van der Waals surface area contributed by atoms with E-state index in [9.17, 15) is 18.3 Å². The van der Waals surface area contributed by atoms with Gasteiger partial charge in [-0.2, -0.15) is 18.2 Å². The van der Waals surface area contributed by atoms with Crippen LogP contribution in [0.5, 0.6) is 6.01 Å². The van der Waals surface area contributed by atoms with E-state index in [2.05, 4.69) is 15.4 Å². The summed E-state index contributed by atoms with van der Waals surface area (Å²) in [5.74, 6) is 0.342. The van der Waals surface area contributed by atoms with Crippen molar-refractivity contribution in [1.82, 2.24) is 14.8 Å². The first-order valence-electron chi connectivity index (χ1n) is 10.2. The second-order valence-electron chi connectivity index (χ2n) is 7.03. The molecule has 2 aromatic carbocycles. The van der Waals surface area contributed by atoms with Crippen molar-refractivity contribution in [2.24, 2.45) is 0 Å². The molecule has 1 atom stereocenters. The lowest BCUT2D eigenvalue weighted by atomic mass is 10.1. The molecule has 0 bridgehead atoms. The Labute approximate surface area is 183 Å². The van der Waals surface area contributed by atoms with Crippen LogP contribution < -0.4 is 10.1 Å². The van der Waals surface area contributed by atoms with Gasteiger partial charge in [0.05, 0.1) is 24.0 Å². The second kappa shape index (κ2) is 10.5. The number of hydrogen-bond donors (Lipinski definition) is 2. The van der Waals surface area contributed by atoms with Crippen LogP contribution >= 0.6 is 0 Å². The summed E-state index contributed by atoms with van der Waals surface area (Å²) in [6.07, 6.45) is -4.91. The molecule has 0 saturated heterocycles. The first-order valence-corrected chi connectivity index (χ1v) is 10.2. The Morgan fingerprint density at radius 2 is 1.75 bits per heavy atom. The minimum atomic E-state index is -4.42. The van der Waals surface area contributed by atoms with Gasteiger partial charge in [-0.1, -0.05) is 12.1 Å². The molecular formula is C22H25F3N4O3. The third-order valence-corrected chi connectivity index (χ3v) is 4.43. The standard InChI is InChI=1S/C22H25F3N4O3/c1-3-31-12-13-32-21-27-20(16-4-6-17(7-5-16)22(23,24)25)29(28-21)19-10-8-18(9-11-19)26-14-15(2)30/h4-11,15,26,30H,3,12-14H2,1-2H3/t15-/m0/s1. The molecule has 2 N–H and O–H groups in total. The van der Waals surface area contributed by atoms with Crippen LogP contribution in [0.25, 0.3) is 17.1 Å². The number of halogens is 3. The van der Waals surface area contributed by atoms with Gasteiger partial charge < -0.3 is 19.9 Å². The van der Waals surface area contributed by atoms with Crippen molar-refractivity contribution >= 4 is 5.69 Å². The van der Waals surface area contributed by atoms with E-state index in [0.29, 0.717) is 36.8 Å². The van der Waals surface area contributed by atoms with E-state index >= 15 is 0 Å². The third kappa shape index (κ3) is 6.21. The summed E-state index contributed by atoms with van der Waals surface area (Å²) in [7, 11) is 0. The second-order valence-corrected chi connectivity index (χ2v) is 7.03. The lowest BCUT2D eigenvalue weighted by Gasteiger charge is -2.11. The minimum absolute atomic E-state index is 0.0934. The van der Waals surface area contributed by atoms with Crippen molar-refractivity contribution < 1.29 is 27.8 Å². The van der Waals surface area contributed by atoms with Crippen LogP contribution in [0.3, 0.4) is 0 Å². The van der Waals surface area contributed by atoms with Crippen molar-refractivity contribution in [2.75, 3.05) is 31.7 Å². The molecule has 172 valence electrons. The van der Waals surface area contributed by atoms with Crippen LogP contribution in [-0.2, 0) is 10.9 Å². The summed E-state index contributed by atoms with van der Waals surface area (Å²) in [6, 6.07) is 12.0. The molecule has 7 nitrogen and oxygen atoms in total. The van der Waals surface area contributed by atoms with Gasteiger partial charge in [-0.15, -0.1) is 5.10 Å². The molecule has 1 aromatic heterocycles. The molecule has 0 unspecified atom stereocenters. The predicted molar refractivity (Wildman–Crippen MR) is 114 cm³/mol. The first-order chi connectivity index (χ1) is 15.3. The fourth-order valence-electron chi connectivity index (χ4n) is 2.85. The summed E-state index contributed by atoms with van der Waals surface area (Å²) in [5, 5.41) is 16.9. The number of rotatable bonds is 10. The van der Waals surface area contributed by atoms with Gasteiger partial charge in [-0.25, -0.2) is 4.68 Å². The van der Waals surface area contributed by atoms with E-state index in [0.717, 1.165) is 17.8 Å². The van der Waals surface area contributed by atoms with E-state index in [1.165, 1.54) is 16.8 Å². The summed E-state index contributed by atoms with van der Waals surface area (Å²) in [6.45, 7) is 5.11. The average Bonchev–Trinajstić information content (AvgIpc) is 3.19. The van der Waals surface area contributed by atoms with Crippen molar-refractivity contribution in [3.63, 3.8) is 0 Å². The SMILES string of the molecule is CCOCCOc1nc(-c2ccc(C(F)(F)F)cc2)n(-c2ccc(NC[C@H](C)O)cc2)n1. The van der Waals surface area contributed by atoms with E-state index < -0.39 is 17.8 Å². The Morgan fingerprint density at radius 1 is 1.06 bits per heavy atom. The van der Waals surface area contributed by atoms with E-state index in [-0.39, 0.29) is 12.6 Å². The number of aliphatic hydroxyl groups is 1. The van der Waals surface area contributed by atoms with E-state index in [1.54, 1.807) is 19.1 Å². The molecule has 3 rings (SSSR count). The number of aromatic nitrogens is 3. The van der Waals surface area contributed by atoms with Crippen LogP contribution in [0.2, 0.25) is 0 Å². The van der Waals surface area contributed by atoms with Gasteiger partial charge in [0.1, 0.15) is 6.61 Å². The fourth-order valence-corrected chi connectivity index (χ4v) is 2.85. The highest BCUT2D eigenvalue weighted by Crippen LogP contribution is 2.31. The highest BCUT2D eigenvalue weighted by Gasteiger charge is 2.30. The van der Waals surface area contributed by atoms with Crippen molar-refractivity contribution in [3.8, 4) is 23.1 Å². The number of nitrogens with zero attached hydrogens (tertiary/aromatic N) is 3. The third-order valence-electron chi connectivity index (χ3n) is 4.43. The number of benzene rings is 2. The number of nitrogens with one attached hydrogen (secondary N) is 1. The molecule has 0 aliphatic rings. The van der Waals surface area contributed by atoms with Gasteiger partial charge in [-0.3, -0.25) is 0 Å². The Hall–Kier alpha value is -3.11. The van der Waals surface area contributed by atoms with Gasteiger partial charge in [0.25, 0.3) is 0 Å². The molecule has 32 heavy (non-hydrogen) atoms. The van der Waals surface area contributed by atoms with Gasteiger partial charge in [0.2, 0.25) is 0 Å². The van der Waals surface area contributed by atoms with Crippen molar-refractivity contribution in [2.45, 2.75) is 26.1 Å². The lowest BCUT2D eigenvalue weighted by Crippen LogP contribution is -2.15. The Kier molecular flexibility index (Phi) is 7.70. The van der Waals surface area contributed by atoms with Crippen molar-refractivity contribution in [3.05, 3.63) is 54.1 Å². The van der Waals surface area contributed by atoms with Gasteiger partial charge in [-0.05, 0) is 50.2 Å². The summed E-state index contributed by atoms with van der Waals surface area (Å²) in [5.41, 5.74) is 1.17. The van der Waals surface area contributed by atoms with Crippen molar-refractivity contribution in [1.29, 1.82) is 0 Å². The zero-order chi connectivity index (χ0) is 23.1. The summed E-state index contributed by atoms with van der Waals surface area (Å²) in [4.78, 5) is 4.37. The van der Waals surface area contributed by atoms with Crippen LogP contribution in [0.4, 0.5) is 18.9 Å². The molecule has 1 heterocycles. The van der Waals surface area contributed by atoms with Gasteiger partial charge in [0, 0.05) is 24.4 Å².